The number of hydrogen-bond acceptors (Lipinski definition) is 4. The molecule has 4 heteroatoms. The summed E-state index contributed by atoms with van der Waals surface area (Å²) in [5, 5.41) is 19.6. The number of nitrogens with zero attached hydrogens (tertiary/aromatic N) is 1. The van der Waals surface area contributed by atoms with Crippen molar-refractivity contribution in [2.45, 2.75) is 39.2 Å². The van der Waals surface area contributed by atoms with E-state index in [0.717, 1.165) is 12.1 Å². The lowest BCUT2D eigenvalue weighted by Gasteiger charge is -2.26. The number of ether oxygens (including phenoxy) is 1. The largest absolute Gasteiger partial charge is 0.496 e. The normalized spacial score (nSPS) is 13.5. The van der Waals surface area contributed by atoms with Crippen LogP contribution in [0.2, 0.25) is 0 Å². The molecule has 120 valence electrons. The summed E-state index contributed by atoms with van der Waals surface area (Å²) in [6.07, 6.45) is -0.631. The number of hydrogen-bond donors (Lipinski definition) is 2. The Kier molecular flexibility index (Phi) is 6.65. The maximum absolute atomic E-state index is 10.5. The summed E-state index contributed by atoms with van der Waals surface area (Å²) in [6, 6.07) is 5.98. The van der Waals surface area contributed by atoms with Crippen molar-refractivity contribution in [2.75, 3.05) is 33.4 Å². The van der Waals surface area contributed by atoms with Gasteiger partial charge in [0.15, 0.2) is 0 Å². The van der Waals surface area contributed by atoms with Gasteiger partial charge in [0.2, 0.25) is 0 Å². The van der Waals surface area contributed by atoms with Crippen molar-refractivity contribution >= 4 is 0 Å². The highest BCUT2D eigenvalue weighted by molar-refractivity contribution is 5.41. The minimum atomic E-state index is -0.631. The van der Waals surface area contributed by atoms with E-state index in [4.69, 9.17) is 9.84 Å². The zero-order valence-corrected chi connectivity index (χ0v) is 13.9. The Labute approximate surface area is 128 Å². The van der Waals surface area contributed by atoms with Gasteiger partial charge >= 0.3 is 0 Å². The number of aliphatic hydroxyl groups excluding tert-OH is 2. The third-order valence-corrected chi connectivity index (χ3v) is 3.75. The van der Waals surface area contributed by atoms with Crippen LogP contribution in [0.25, 0.3) is 0 Å². The molecule has 0 saturated carbocycles. The topological polar surface area (TPSA) is 52.9 Å². The van der Waals surface area contributed by atoms with Crippen LogP contribution in [-0.2, 0) is 5.41 Å². The van der Waals surface area contributed by atoms with Crippen molar-refractivity contribution in [1.29, 1.82) is 0 Å². The number of likely N-dealkylation sites (N-methyl/N-ethyl adjacent to an activating group) is 1. The SMILES string of the molecule is CCN(CCO)CC(O)c1cc(C(C)(C)C)ccc1OC. The molecule has 0 spiro atoms. The lowest BCUT2D eigenvalue weighted by Crippen LogP contribution is -2.31. The second-order valence-electron chi connectivity index (χ2n) is 6.34. The summed E-state index contributed by atoms with van der Waals surface area (Å²) in [5.74, 6) is 0.704. The lowest BCUT2D eigenvalue weighted by molar-refractivity contribution is 0.101. The van der Waals surface area contributed by atoms with Gasteiger partial charge in [0.1, 0.15) is 5.75 Å². The molecule has 1 aromatic rings. The molecule has 0 saturated heterocycles. The average Bonchev–Trinajstić information content (AvgIpc) is 2.44. The van der Waals surface area contributed by atoms with E-state index in [1.54, 1.807) is 7.11 Å². The van der Waals surface area contributed by atoms with Gasteiger partial charge in [0, 0.05) is 18.7 Å². The fourth-order valence-electron chi connectivity index (χ4n) is 2.32. The van der Waals surface area contributed by atoms with Crippen LogP contribution in [-0.4, -0.2) is 48.5 Å². The molecule has 0 aliphatic carbocycles. The zero-order valence-electron chi connectivity index (χ0n) is 13.9. The minimum Gasteiger partial charge on any atom is -0.496 e. The molecule has 2 N–H and O–H groups in total. The highest BCUT2D eigenvalue weighted by atomic mass is 16.5. The van der Waals surface area contributed by atoms with Crippen molar-refractivity contribution in [3.63, 3.8) is 0 Å². The molecule has 0 aliphatic rings. The quantitative estimate of drug-likeness (QED) is 0.811. The Hall–Kier alpha value is -1.10. The van der Waals surface area contributed by atoms with Crippen molar-refractivity contribution in [2.24, 2.45) is 0 Å². The van der Waals surface area contributed by atoms with Gasteiger partial charge < -0.3 is 14.9 Å². The summed E-state index contributed by atoms with van der Waals surface area (Å²) in [4.78, 5) is 2.02. The Morgan fingerprint density at radius 3 is 2.43 bits per heavy atom. The van der Waals surface area contributed by atoms with E-state index in [9.17, 15) is 5.11 Å². The van der Waals surface area contributed by atoms with Crippen LogP contribution in [0.5, 0.6) is 5.75 Å². The first-order chi connectivity index (χ1) is 9.83. The number of benzene rings is 1. The van der Waals surface area contributed by atoms with Gasteiger partial charge in [-0.1, -0.05) is 33.8 Å². The summed E-state index contributed by atoms with van der Waals surface area (Å²) in [6.45, 7) is 10.4. The van der Waals surface area contributed by atoms with Gasteiger partial charge in [-0.3, -0.25) is 4.90 Å². The first-order valence-corrected chi connectivity index (χ1v) is 7.53. The van der Waals surface area contributed by atoms with Crippen molar-refractivity contribution in [3.05, 3.63) is 29.3 Å². The molecule has 1 aromatic carbocycles. The van der Waals surface area contributed by atoms with E-state index < -0.39 is 6.10 Å². The molecule has 0 aromatic heterocycles. The Morgan fingerprint density at radius 2 is 1.95 bits per heavy atom. The van der Waals surface area contributed by atoms with Gasteiger partial charge in [0.05, 0.1) is 19.8 Å². The maximum Gasteiger partial charge on any atom is 0.124 e. The summed E-state index contributed by atoms with van der Waals surface area (Å²) in [5.41, 5.74) is 2.00. The molecule has 1 unspecified atom stereocenters. The van der Waals surface area contributed by atoms with Crippen LogP contribution in [0.15, 0.2) is 18.2 Å². The third-order valence-electron chi connectivity index (χ3n) is 3.75. The van der Waals surface area contributed by atoms with Crippen molar-refractivity contribution < 1.29 is 14.9 Å². The van der Waals surface area contributed by atoms with Gasteiger partial charge in [-0.05, 0) is 29.7 Å². The standard InChI is InChI=1S/C17H29NO3/c1-6-18(9-10-19)12-15(20)14-11-13(17(2,3)4)7-8-16(14)21-5/h7-8,11,15,19-20H,6,9-10,12H2,1-5H3. The highest BCUT2D eigenvalue weighted by Crippen LogP contribution is 2.31. The van der Waals surface area contributed by atoms with E-state index in [2.05, 4.69) is 20.8 Å². The van der Waals surface area contributed by atoms with E-state index >= 15 is 0 Å². The van der Waals surface area contributed by atoms with Gasteiger partial charge in [-0.25, -0.2) is 0 Å². The number of aliphatic hydroxyl groups is 2. The van der Waals surface area contributed by atoms with E-state index in [-0.39, 0.29) is 12.0 Å². The fourth-order valence-corrected chi connectivity index (χ4v) is 2.32. The molecule has 0 heterocycles. The summed E-state index contributed by atoms with van der Waals surface area (Å²) in [7, 11) is 1.62. The summed E-state index contributed by atoms with van der Waals surface area (Å²) < 4.78 is 5.38. The lowest BCUT2D eigenvalue weighted by atomic mass is 9.85. The van der Waals surface area contributed by atoms with Gasteiger partial charge in [0.25, 0.3) is 0 Å². The van der Waals surface area contributed by atoms with Crippen LogP contribution in [0.3, 0.4) is 0 Å². The predicted octanol–water partition coefficient (Wildman–Crippen LogP) is 2.34. The van der Waals surface area contributed by atoms with Gasteiger partial charge in [-0.2, -0.15) is 0 Å². The molecule has 1 atom stereocenters. The van der Waals surface area contributed by atoms with Crippen LogP contribution in [0, 0.1) is 0 Å². The molecular weight excluding hydrogens is 266 g/mol. The highest BCUT2D eigenvalue weighted by Gasteiger charge is 2.20. The van der Waals surface area contributed by atoms with Crippen molar-refractivity contribution in [1.82, 2.24) is 4.90 Å². The van der Waals surface area contributed by atoms with E-state index in [1.807, 2.05) is 30.0 Å². The van der Waals surface area contributed by atoms with Gasteiger partial charge in [-0.15, -0.1) is 0 Å². The fraction of sp³-hybridized carbons (Fsp3) is 0.647. The maximum atomic E-state index is 10.5. The molecular formula is C17H29NO3. The monoisotopic (exact) mass is 295 g/mol. The molecule has 4 nitrogen and oxygen atoms in total. The molecule has 1 rings (SSSR count). The zero-order chi connectivity index (χ0) is 16.0. The minimum absolute atomic E-state index is 0.0241. The molecule has 0 radical (unpaired) electrons. The Morgan fingerprint density at radius 1 is 1.29 bits per heavy atom. The molecule has 0 amide bonds. The first-order valence-electron chi connectivity index (χ1n) is 7.53. The molecule has 0 aliphatic heterocycles. The Bertz CT molecular complexity index is 440. The number of methoxy groups -OCH3 is 1. The number of rotatable bonds is 7. The Balaban J connectivity index is 3.02. The van der Waals surface area contributed by atoms with Crippen LogP contribution in [0.4, 0.5) is 0 Å². The van der Waals surface area contributed by atoms with Crippen LogP contribution in [0.1, 0.15) is 44.9 Å². The molecule has 0 bridgehead atoms. The second-order valence-corrected chi connectivity index (χ2v) is 6.34. The van der Waals surface area contributed by atoms with E-state index in [0.29, 0.717) is 18.8 Å². The van der Waals surface area contributed by atoms with E-state index in [1.165, 1.54) is 5.56 Å². The van der Waals surface area contributed by atoms with Crippen molar-refractivity contribution in [3.8, 4) is 5.75 Å². The smallest absolute Gasteiger partial charge is 0.124 e. The molecule has 0 fully saturated rings. The van der Waals surface area contributed by atoms with Crippen LogP contribution >= 0.6 is 0 Å². The first kappa shape index (κ1) is 18.0. The third kappa shape index (κ3) is 4.99. The predicted molar refractivity (Wildman–Crippen MR) is 85.9 cm³/mol. The molecule has 21 heavy (non-hydrogen) atoms. The summed E-state index contributed by atoms with van der Waals surface area (Å²) >= 11 is 0. The van der Waals surface area contributed by atoms with Crippen LogP contribution < -0.4 is 4.74 Å². The second kappa shape index (κ2) is 7.78. The average molecular weight is 295 g/mol.